The van der Waals surface area contributed by atoms with Gasteiger partial charge in [-0.1, -0.05) is 101 Å². The van der Waals surface area contributed by atoms with Crippen molar-refractivity contribution < 1.29 is 107 Å². The summed E-state index contributed by atoms with van der Waals surface area (Å²) < 4.78 is 270. The van der Waals surface area contributed by atoms with E-state index in [1.165, 1.54) is 61.6 Å². The van der Waals surface area contributed by atoms with E-state index in [1.54, 1.807) is 78.9 Å². The van der Waals surface area contributed by atoms with E-state index in [0.717, 1.165) is 70.8 Å². The molecule has 0 amide bonds. The number of rotatable bonds is 24. The van der Waals surface area contributed by atoms with Crippen molar-refractivity contribution in [2.24, 2.45) is 23.7 Å². The molecule has 4 saturated heterocycles. The lowest BCUT2D eigenvalue weighted by molar-refractivity contribution is -0.0965. The highest BCUT2D eigenvalue weighted by Gasteiger charge is 2.59. The van der Waals surface area contributed by atoms with Crippen LogP contribution in [0.25, 0.3) is 0 Å². The molecule has 0 aliphatic carbocycles. The molecule has 21 nitrogen and oxygen atoms in total. The van der Waals surface area contributed by atoms with Crippen LogP contribution in [-0.2, 0) is 106 Å². The molecule has 8 aliphatic rings. The second-order valence-electron chi connectivity index (χ2n) is 36.1. The Balaban J connectivity index is 0.000000129. The first-order valence-electron chi connectivity index (χ1n) is 45.5. The number of nitrogens with zero attached hydrogens (tertiary/aromatic N) is 5. The zero-order valence-electron chi connectivity index (χ0n) is 75.0. The van der Waals surface area contributed by atoms with Gasteiger partial charge in [0.25, 0.3) is 0 Å². The van der Waals surface area contributed by atoms with Crippen LogP contribution in [0.1, 0.15) is 95.9 Å². The van der Waals surface area contributed by atoms with Gasteiger partial charge in [0.1, 0.15) is 23.3 Å². The van der Waals surface area contributed by atoms with Gasteiger partial charge in [0, 0.05) is 157 Å². The number of hydrogen-bond donors (Lipinski definition) is 0. The molecule has 0 radical (unpaired) electrons. The Labute approximate surface area is 825 Å². The van der Waals surface area contributed by atoms with Crippen LogP contribution in [0.4, 0.5) is 35.1 Å². The maximum Gasteiger partial charge on any atom is 0.246 e. The van der Waals surface area contributed by atoms with Crippen LogP contribution < -0.4 is 18.9 Å². The van der Waals surface area contributed by atoms with Crippen molar-refractivity contribution in [3.8, 4) is 23.0 Å². The van der Waals surface area contributed by atoms with Gasteiger partial charge < -0.3 is 37.9 Å². The Kier molecular flexibility index (Phi) is 30.9. The predicted octanol–water partition coefficient (Wildman–Crippen LogP) is 20.0. The fraction of sp³-hybridized carbons (Fsp3) is 0.350. The van der Waals surface area contributed by atoms with Crippen LogP contribution in [0.3, 0.4) is 0 Å². The van der Waals surface area contributed by atoms with Crippen LogP contribution in [0.15, 0.2) is 257 Å². The Morgan fingerprint density at radius 3 is 0.836 bits per heavy atom. The molecule has 37 heteroatoms. The summed E-state index contributed by atoms with van der Waals surface area (Å²) >= 11 is 24.2. The first kappa shape index (κ1) is 101. The van der Waals surface area contributed by atoms with Gasteiger partial charge in [-0.2, -0.15) is 0 Å². The van der Waals surface area contributed by atoms with E-state index >= 15 is 17.6 Å². The van der Waals surface area contributed by atoms with Gasteiger partial charge in [0.05, 0.1) is 83.6 Å². The Morgan fingerprint density at radius 1 is 0.293 bits per heavy atom. The van der Waals surface area contributed by atoms with Crippen molar-refractivity contribution in [1.29, 1.82) is 0 Å². The van der Waals surface area contributed by atoms with Crippen molar-refractivity contribution in [1.82, 2.24) is 24.9 Å². The van der Waals surface area contributed by atoms with Gasteiger partial charge >= 0.3 is 0 Å². The quantitative estimate of drug-likeness (QED) is 0.0401. The summed E-state index contributed by atoms with van der Waals surface area (Å²) in [7, 11) is -14.6. The molecule has 8 aliphatic heterocycles. The lowest BCUT2D eigenvalue weighted by Crippen LogP contribution is -2.55. The van der Waals surface area contributed by atoms with E-state index in [0.29, 0.717) is 71.5 Å². The number of halogens is 12. The molecule has 12 atom stereocenters. The predicted molar refractivity (Wildman–Crippen MR) is 508 cm³/mol. The first-order valence-corrected chi connectivity index (χ1v) is 53.6. The van der Waals surface area contributed by atoms with E-state index in [4.69, 9.17) is 84.3 Å². The van der Waals surface area contributed by atoms with Crippen molar-refractivity contribution >= 4 is 85.8 Å². The monoisotopic (exact) mass is 2080 g/mol. The Bertz CT molecular complexity index is 6120. The minimum Gasteiger partial charge on any atom is -0.490 e. The number of aromatic nitrogens is 5. The molecular formula is C103H95Cl4F8N5O16S4. The highest BCUT2D eigenvalue weighted by molar-refractivity contribution is 7.92. The fourth-order valence-electron chi connectivity index (χ4n) is 21.5. The number of benzene rings is 8. The van der Waals surface area contributed by atoms with Crippen molar-refractivity contribution in [3.63, 3.8) is 0 Å². The Morgan fingerprint density at radius 2 is 0.564 bits per heavy atom. The van der Waals surface area contributed by atoms with Crippen molar-refractivity contribution in [2.75, 3.05) is 75.9 Å². The standard InChI is InChI=1S/3C26H24ClF2NO4S.C25H23ClF2N2O4S/c2*27-18-5-3-17(4-6-18)14-26-10-12-33-23(9-13-35(31,32)19-2-1-11-30-15-19)20(26)16-34-25-22(29)8-7-21(28)24(25)26;27-18-6-4-17(5-7-18)15-26-11-13-33-22(10-14-35(31,32)23-3-1-2-12-30-23)19(26)16-34-25-21(29)9-8-20(28)24(25)26;26-17-4-2-16(3-5-17)14-25-9-12-33-21(8-13-35(31,32)24-29-10-1-11-30-24)18(25)15-34-23-20(28)7-6-19(27)22(23)25/h2*1-8,11,15,20,23H,9-10,12-14,16H2;1-9,12,19,22H,10-11,13-16H2;1-7,10-11,18,21H,8-9,12-15H2/t2*20-,23-,26-;19-,22-,26-;18-,21-,25-/m0000/s1. The molecule has 4 aromatic heterocycles. The van der Waals surface area contributed by atoms with Gasteiger partial charge in [0.2, 0.25) is 15.0 Å². The molecule has 0 unspecified atom stereocenters. The molecule has 0 spiro atoms. The van der Waals surface area contributed by atoms with Crippen LogP contribution in [0, 0.1) is 70.2 Å². The lowest BCUT2D eigenvalue weighted by atomic mass is 9.60. The topological polar surface area (TPSA) is 275 Å². The van der Waals surface area contributed by atoms with Crippen LogP contribution >= 0.6 is 46.4 Å². The summed E-state index contributed by atoms with van der Waals surface area (Å²) in [5, 5.41) is 2.07. The zero-order chi connectivity index (χ0) is 98.5. The molecule has 20 rings (SSSR count). The lowest BCUT2D eigenvalue weighted by Gasteiger charge is -2.51. The van der Waals surface area contributed by atoms with Crippen LogP contribution in [0.2, 0.25) is 20.1 Å². The molecule has 0 saturated carbocycles. The van der Waals surface area contributed by atoms with Gasteiger partial charge in [-0.05, 0) is 239 Å². The number of fused-ring (bicyclic) bond motifs is 12. The van der Waals surface area contributed by atoms with E-state index in [9.17, 15) is 51.2 Å². The fourth-order valence-corrected chi connectivity index (χ4v) is 27.0. The summed E-state index contributed by atoms with van der Waals surface area (Å²) in [6.07, 6.45) is 11.9. The maximum absolute atomic E-state index is 15.3. The summed E-state index contributed by atoms with van der Waals surface area (Å²) in [6.45, 7) is 1.49. The summed E-state index contributed by atoms with van der Waals surface area (Å²) in [5.41, 5.74) is 1.12. The normalized spacial score (nSPS) is 23.7. The molecular weight excluding hydrogens is 1990 g/mol. The van der Waals surface area contributed by atoms with E-state index < -0.39 is 138 Å². The summed E-state index contributed by atoms with van der Waals surface area (Å²) in [5.74, 6) is -7.19. The van der Waals surface area contributed by atoms with Crippen LogP contribution in [-0.4, -0.2) is 159 Å². The zero-order valence-corrected chi connectivity index (χ0v) is 81.3. The molecule has 736 valence electrons. The highest BCUT2D eigenvalue weighted by atomic mass is 35.5. The SMILES string of the molecule is O=S(=O)(CC[C@@H]1OCC[C@@]2(Cc3ccc(Cl)cc3)c3c(F)ccc(F)c3OC[C@@H]12)c1ccccn1.O=S(=O)(CC[C@@H]1OCC[C@@]2(Cc3ccc(Cl)cc3)c3c(F)ccc(F)c3OC[C@@H]12)c1cccnc1.O=S(=O)(CC[C@@H]1OCC[C@@]2(Cc3ccc(Cl)cc3)c3c(F)ccc(F)c3OC[C@@H]12)c1cccnc1.O=S(=O)(CC[C@@H]1OCC[C@@]2(Cc3ccc(Cl)cc3)c3c(F)ccc(F)c3OC[C@@H]12)c1ncccn1. The first-order chi connectivity index (χ1) is 67.2. The second-order valence-corrected chi connectivity index (χ2v) is 46.1. The molecule has 0 bridgehead atoms. The summed E-state index contributed by atoms with van der Waals surface area (Å²) in [6, 6.07) is 50.3. The van der Waals surface area contributed by atoms with Crippen LogP contribution in [0.5, 0.6) is 23.0 Å². The van der Waals surface area contributed by atoms with E-state index in [2.05, 4.69) is 24.9 Å². The summed E-state index contributed by atoms with van der Waals surface area (Å²) in [4.78, 5) is 19.8. The minimum absolute atomic E-state index is 0.00147. The number of pyridine rings is 3. The average molecular weight is 2080 g/mol. The third-order valence-corrected chi connectivity index (χ3v) is 35.9. The minimum atomic E-state index is -3.75. The molecule has 4 fully saturated rings. The third-order valence-electron chi connectivity index (χ3n) is 28.2. The molecule has 8 aromatic carbocycles. The molecule has 12 heterocycles. The average Bonchev–Trinajstić information content (AvgIpc) is 0.733. The molecule has 0 N–H and O–H groups in total. The largest absolute Gasteiger partial charge is 0.490 e. The van der Waals surface area contributed by atoms with Gasteiger partial charge in [0.15, 0.2) is 80.8 Å². The van der Waals surface area contributed by atoms with E-state index in [-0.39, 0.29) is 185 Å². The molecule has 12 aromatic rings. The number of ether oxygens (including phenoxy) is 8. The highest BCUT2D eigenvalue weighted by Crippen LogP contribution is 2.59. The van der Waals surface area contributed by atoms with Crippen molar-refractivity contribution in [3.05, 3.63) is 349 Å². The van der Waals surface area contributed by atoms with Crippen molar-refractivity contribution in [2.45, 2.75) is 143 Å². The maximum atomic E-state index is 15.3. The van der Waals surface area contributed by atoms with Gasteiger partial charge in [-0.15, -0.1) is 0 Å². The van der Waals surface area contributed by atoms with Gasteiger partial charge in [-0.3, -0.25) is 9.97 Å². The number of sulfone groups is 4. The van der Waals surface area contributed by atoms with E-state index in [1.807, 2.05) is 48.5 Å². The smallest absolute Gasteiger partial charge is 0.246 e. The third kappa shape index (κ3) is 21.4. The Hall–Kier alpha value is -10.3. The number of hydrogen-bond acceptors (Lipinski definition) is 21. The molecule has 140 heavy (non-hydrogen) atoms. The van der Waals surface area contributed by atoms with Gasteiger partial charge in [-0.25, -0.2) is 83.7 Å². The second kappa shape index (κ2) is 42.7.